The van der Waals surface area contributed by atoms with Crippen molar-refractivity contribution in [1.29, 1.82) is 0 Å². The van der Waals surface area contributed by atoms with Gasteiger partial charge in [0.1, 0.15) is 5.52 Å². The first kappa shape index (κ1) is 12.2. The molecule has 1 unspecified atom stereocenters. The Hall–Kier alpha value is -1.24. The smallest absolute Gasteiger partial charge is 0.205 e. The molecule has 4 N–H and O–H groups in total. The van der Waals surface area contributed by atoms with Crippen molar-refractivity contribution in [1.82, 2.24) is 4.98 Å². The highest BCUT2D eigenvalue weighted by Gasteiger charge is 2.07. The average Bonchev–Trinajstić information content (AvgIpc) is 2.70. The van der Waals surface area contributed by atoms with Crippen LogP contribution >= 0.6 is 11.8 Å². The van der Waals surface area contributed by atoms with Gasteiger partial charge < -0.3 is 20.4 Å². The van der Waals surface area contributed by atoms with E-state index in [0.717, 1.165) is 5.52 Å². The molecule has 5 nitrogen and oxygen atoms in total. The van der Waals surface area contributed by atoms with Gasteiger partial charge in [-0.3, -0.25) is 0 Å². The summed E-state index contributed by atoms with van der Waals surface area (Å²) in [5.74, 6) is 1.61. The van der Waals surface area contributed by atoms with Crippen molar-refractivity contribution in [3.8, 4) is 0 Å². The van der Waals surface area contributed by atoms with Crippen molar-refractivity contribution >= 4 is 28.5 Å². The maximum Gasteiger partial charge on any atom is 0.205 e. The standard InChI is InChI=1S/C11H14N2O3S/c12-7-1-2-10-9(3-7)13-11(16-10)6-17-5-8(15)4-14/h1-3,8,14-15H,4-6,12H2. The molecule has 17 heavy (non-hydrogen) atoms. The Kier molecular flexibility index (Phi) is 3.88. The highest BCUT2D eigenvalue weighted by atomic mass is 32.2. The summed E-state index contributed by atoms with van der Waals surface area (Å²) in [5, 5.41) is 17.8. The summed E-state index contributed by atoms with van der Waals surface area (Å²) in [6, 6.07) is 5.31. The second kappa shape index (κ2) is 5.39. The van der Waals surface area contributed by atoms with Crippen molar-refractivity contribution < 1.29 is 14.6 Å². The number of hydrogen-bond donors (Lipinski definition) is 3. The minimum absolute atomic E-state index is 0.225. The number of thioether (sulfide) groups is 1. The molecule has 0 spiro atoms. The van der Waals surface area contributed by atoms with Crippen LogP contribution in [0.2, 0.25) is 0 Å². The zero-order chi connectivity index (χ0) is 12.3. The lowest BCUT2D eigenvalue weighted by molar-refractivity contribution is 0.113. The van der Waals surface area contributed by atoms with Gasteiger partial charge in [0.25, 0.3) is 0 Å². The average molecular weight is 254 g/mol. The fraction of sp³-hybridized carbons (Fsp3) is 0.364. The summed E-state index contributed by atoms with van der Waals surface area (Å²) >= 11 is 1.46. The van der Waals surface area contributed by atoms with Gasteiger partial charge in [0, 0.05) is 11.4 Å². The van der Waals surface area contributed by atoms with Crippen molar-refractivity contribution in [2.75, 3.05) is 18.1 Å². The number of benzene rings is 1. The van der Waals surface area contributed by atoms with Crippen LogP contribution in [0, 0.1) is 0 Å². The number of rotatable bonds is 5. The van der Waals surface area contributed by atoms with Crippen LogP contribution in [0.4, 0.5) is 5.69 Å². The van der Waals surface area contributed by atoms with Gasteiger partial charge in [-0.2, -0.15) is 0 Å². The van der Waals surface area contributed by atoms with Gasteiger partial charge in [-0.05, 0) is 18.2 Å². The Morgan fingerprint density at radius 2 is 2.29 bits per heavy atom. The summed E-state index contributed by atoms with van der Waals surface area (Å²) in [6.45, 7) is -0.225. The van der Waals surface area contributed by atoms with E-state index in [1.165, 1.54) is 11.8 Å². The third-order valence-electron chi connectivity index (χ3n) is 2.20. The molecule has 0 saturated heterocycles. The Morgan fingerprint density at radius 3 is 3.06 bits per heavy atom. The normalized spacial score (nSPS) is 13.1. The van der Waals surface area contributed by atoms with Gasteiger partial charge in [-0.15, -0.1) is 11.8 Å². The fourth-order valence-corrected chi connectivity index (χ4v) is 2.18. The Morgan fingerprint density at radius 1 is 1.47 bits per heavy atom. The molecule has 0 aliphatic rings. The summed E-state index contributed by atoms with van der Waals surface area (Å²) < 4.78 is 5.51. The van der Waals surface area contributed by atoms with Crippen molar-refractivity contribution in [3.05, 3.63) is 24.1 Å². The van der Waals surface area contributed by atoms with E-state index in [0.29, 0.717) is 28.7 Å². The molecule has 0 radical (unpaired) electrons. The highest BCUT2D eigenvalue weighted by molar-refractivity contribution is 7.98. The molecule has 6 heteroatoms. The molecule has 0 bridgehead atoms. The minimum Gasteiger partial charge on any atom is -0.440 e. The van der Waals surface area contributed by atoms with E-state index in [9.17, 15) is 5.11 Å². The number of oxazole rings is 1. The van der Waals surface area contributed by atoms with E-state index in [4.69, 9.17) is 15.3 Å². The zero-order valence-electron chi connectivity index (χ0n) is 9.17. The first-order valence-electron chi connectivity index (χ1n) is 5.20. The minimum atomic E-state index is -0.694. The third-order valence-corrected chi connectivity index (χ3v) is 3.27. The number of anilines is 1. The van der Waals surface area contributed by atoms with Crippen LogP contribution < -0.4 is 5.73 Å². The lowest BCUT2D eigenvalue weighted by Crippen LogP contribution is -2.14. The number of nitrogen functional groups attached to an aromatic ring is 1. The van der Waals surface area contributed by atoms with Crippen LogP contribution in [0.15, 0.2) is 22.6 Å². The second-order valence-corrected chi connectivity index (χ2v) is 4.72. The third kappa shape index (κ3) is 3.12. The molecule has 0 fully saturated rings. The first-order chi connectivity index (χ1) is 8.19. The fourth-order valence-electron chi connectivity index (χ4n) is 1.39. The number of aromatic nitrogens is 1. The molecule has 0 amide bonds. The highest BCUT2D eigenvalue weighted by Crippen LogP contribution is 2.21. The topological polar surface area (TPSA) is 92.5 Å². The number of fused-ring (bicyclic) bond motifs is 1. The number of aliphatic hydroxyl groups excluding tert-OH is 2. The molecule has 1 aromatic heterocycles. The largest absolute Gasteiger partial charge is 0.440 e. The summed E-state index contributed by atoms with van der Waals surface area (Å²) in [5.41, 5.74) is 7.74. The van der Waals surface area contributed by atoms with E-state index in [1.54, 1.807) is 18.2 Å². The maximum atomic E-state index is 9.17. The van der Waals surface area contributed by atoms with Gasteiger partial charge in [0.15, 0.2) is 5.58 Å². The van der Waals surface area contributed by atoms with E-state index in [-0.39, 0.29) is 6.61 Å². The van der Waals surface area contributed by atoms with Crippen molar-refractivity contribution in [2.24, 2.45) is 0 Å². The SMILES string of the molecule is Nc1ccc2oc(CSCC(O)CO)nc2c1. The van der Waals surface area contributed by atoms with Crippen molar-refractivity contribution in [3.63, 3.8) is 0 Å². The molecule has 92 valence electrons. The van der Waals surface area contributed by atoms with Gasteiger partial charge in [-0.1, -0.05) is 0 Å². The number of nitrogens with two attached hydrogens (primary N) is 1. The number of hydrogen-bond acceptors (Lipinski definition) is 6. The van der Waals surface area contributed by atoms with Gasteiger partial charge in [0.05, 0.1) is 18.5 Å². The molecular weight excluding hydrogens is 240 g/mol. The molecule has 1 heterocycles. The molecule has 0 aliphatic carbocycles. The Labute approximate surface area is 103 Å². The lowest BCUT2D eigenvalue weighted by atomic mass is 10.3. The van der Waals surface area contributed by atoms with E-state index >= 15 is 0 Å². The number of aliphatic hydroxyl groups is 2. The molecule has 0 saturated carbocycles. The predicted octanol–water partition coefficient (Wildman–Crippen LogP) is 0.996. The van der Waals surface area contributed by atoms with Crippen LogP contribution in [0.1, 0.15) is 5.89 Å². The summed E-state index contributed by atoms with van der Waals surface area (Å²) in [4.78, 5) is 4.28. The Balaban J connectivity index is 1.99. The van der Waals surface area contributed by atoms with Crippen LogP contribution in [0.3, 0.4) is 0 Å². The Bertz CT molecular complexity index is 500. The van der Waals surface area contributed by atoms with Crippen LogP contribution in [-0.4, -0.2) is 33.7 Å². The molecule has 1 aromatic carbocycles. The molecule has 0 aliphatic heterocycles. The zero-order valence-corrected chi connectivity index (χ0v) is 9.98. The van der Waals surface area contributed by atoms with Crippen LogP contribution in [0.5, 0.6) is 0 Å². The van der Waals surface area contributed by atoms with Gasteiger partial charge in [0.2, 0.25) is 5.89 Å². The molecule has 2 rings (SSSR count). The van der Waals surface area contributed by atoms with E-state index in [1.807, 2.05) is 0 Å². The first-order valence-corrected chi connectivity index (χ1v) is 6.36. The van der Waals surface area contributed by atoms with Crippen LogP contribution in [-0.2, 0) is 5.75 Å². The quantitative estimate of drug-likeness (QED) is 0.689. The van der Waals surface area contributed by atoms with E-state index in [2.05, 4.69) is 4.98 Å². The molecule has 1 atom stereocenters. The predicted molar refractivity (Wildman–Crippen MR) is 67.7 cm³/mol. The second-order valence-electron chi connectivity index (χ2n) is 3.69. The molecular formula is C11H14N2O3S. The number of nitrogens with zero attached hydrogens (tertiary/aromatic N) is 1. The van der Waals surface area contributed by atoms with Crippen LogP contribution in [0.25, 0.3) is 11.1 Å². The van der Waals surface area contributed by atoms with Crippen molar-refractivity contribution in [2.45, 2.75) is 11.9 Å². The van der Waals surface area contributed by atoms with Gasteiger partial charge >= 0.3 is 0 Å². The maximum absolute atomic E-state index is 9.17. The molecule has 2 aromatic rings. The lowest BCUT2D eigenvalue weighted by Gasteiger charge is -2.03. The summed E-state index contributed by atoms with van der Waals surface area (Å²) in [7, 11) is 0. The summed E-state index contributed by atoms with van der Waals surface area (Å²) in [6.07, 6.45) is -0.694. The van der Waals surface area contributed by atoms with E-state index < -0.39 is 6.10 Å². The monoisotopic (exact) mass is 254 g/mol. The van der Waals surface area contributed by atoms with Gasteiger partial charge in [-0.25, -0.2) is 4.98 Å².